The standard InChI is InChI=1S/C20H31N3O3S2/c24-20(18-8-4-10-23(18)28(25,26)19-9-5-15-27-19)22-13-11-21(12-14-22)16-17-6-2-1-3-7-17/h5,9,15,17-18H,1-4,6-8,10-14,16H2. The molecule has 8 heteroatoms. The van der Waals surface area contributed by atoms with E-state index in [1.807, 2.05) is 4.90 Å². The first-order valence-electron chi connectivity index (χ1n) is 10.6. The van der Waals surface area contributed by atoms with Crippen molar-refractivity contribution in [2.24, 2.45) is 5.92 Å². The highest BCUT2D eigenvalue weighted by atomic mass is 32.2. The van der Waals surface area contributed by atoms with Crippen molar-refractivity contribution >= 4 is 27.3 Å². The van der Waals surface area contributed by atoms with E-state index in [-0.39, 0.29) is 5.91 Å². The average molecular weight is 426 g/mol. The summed E-state index contributed by atoms with van der Waals surface area (Å²) in [5.41, 5.74) is 0. The lowest BCUT2D eigenvalue weighted by Gasteiger charge is -2.38. The number of nitrogens with zero attached hydrogens (tertiary/aromatic N) is 3. The molecule has 1 amide bonds. The fourth-order valence-electron chi connectivity index (χ4n) is 4.90. The number of piperazine rings is 1. The summed E-state index contributed by atoms with van der Waals surface area (Å²) < 4.78 is 27.6. The Bertz CT molecular complexity index is 752. The summed E-state index contributed by atoms with van der Waals surface area (Å²) in [6.45, 7) is 4.85. The van der Waals surface area contributed by atoms with Crippen molar-refractivity contribution in [3.63, 3.8) is 0 Å². The van der Waals surface area contributed by atoms with Gasteiger partial charge in [0.1, 0.15) is 10.3 Å². The van der Waals surface area contributed by atoms with Crippen molar-refractivity contribution in [2.75, 3.05) is 39.3 Å². The molecule has 3 aliphatic rings. The van der Waals surface area contributed by atoms with Gasteiger partial charge in [-0.2, -0.15) is 4.31 Å². The average Bonchev–Trinajstić information content (AvgIpc) is 3.41. The van der Waals surface area contributed by atoms with Crippen LogP contribution in [0, 0.1) is 5.92 Å². The minimum Gasteiger partial charge on any atom is -0.339 e. The largest absolute Gasteiger partial charge is 0.339 e. The quantitative estimate of drug-likeness (QED) is 0.728. The molecule has 3 fully saturated rings. The number of amides is 1. The molecule has 1 aliphatic carbocycles. The molecule has 1 aromatic heterocycles. The van der Waals surface area contributed by atoms with Gasteiger partial charge in [-0.15, -0.1) is 11.3 Å². The first-order valence-corrected chi connectivity index (χ1v) is 12.9. The molecule has 1 saturated carbocycles. The van der Waals surface area contributed by atoms with E-state index in [4.69, 9.17) is 0 Å². The van der Waals surface area contributed by atoms with Crippen LogP contribution in [0.3, 0.4) is 0 Å². The molecule has 0 radical (unpaired) electrons. The minimum atomic E-state index is -3.56. The van der Waals surface area contributed by atoms with Crippen molar-refractivity contribution in [3.05, 3.63) is 17.5 Å². The molecule has 1 aromatic rings. The van der Waals surface area contributed by atoms with Crippen LogP contribution in [-0.4, -0.2) is 73.7 Å². The van der Waals surface area contributed by atoms with Gasteiger partial charge in [0.25, 0.3) is 10.0 Å². The third-order valence-electron chi connectivity index (χ3n) is 6.47. The minimum absolute atomic E-state index is 0.00468. The Morgan fingerprint density at radius 3 is 2.43 bits per heavy atom. The summed E-state index contributed by atoms with van der Waals surface area (Å²) in [4.78, 5) is 17.5. The maximum atomic E-state index is 13.1. The summed E-state index contributed by atoms with van der Waals surface area (Å²) in [5, 5.41) is 1.77. The van der Waals surface area contributed by atoms with Crippen LogP contribution in [0.15, 0.2) is 21.7 Å². The number of carbonyl (C=O) groups is 1. The van der Waals surface area contributed by atoms with Crippen LogP contribution in [-0.2, 0) is 14.8 Å². The van der Waals surface area contributed by atoms with Crippen LogP contribution in [0.5, 0.6) is 0 Å². The molecule has 2 saturated heterocycles. The van der Waals surface area contributed by atoms with E-state index in [2.05, 4.69) is 4.90 Å². The zero-order chi connectivity index (χ0) is 19.6. The molecule has 6 nitrogen and oxygen atoms in total. The smallest absolute Gasteiger partial charge is 0.253 e. The molecule has 4 rings (SSSR count). The maximum absolute atomic E-state index is 13.1. The summed E-state index contributed by atoms with van der Waals surface area (Å²) in [5.74, 6) is 0.812. The fourth-order valence-corrected chi connectivity index (χ4v) is 7.67. The lowest BCUT2D eigenvalue weighted by molar-refractivity contribution is -0.136. The van der Waals surface area contributed by atoms with E-state index in [1.165, 1.54) is 47.7 Å². The predicted molar refractivity (Wildman–Crippen MR) is 111 cm³/mol. The van der Waals surface area contributed by atoms with Gasteiger partial charge in [0.15, 0.2) is 0 Å². The predicted octanol–water partition coefficient (Wildman–Crippen LogP) is 2.63. The van der Waals surface area contributed by atoms with Crippen molar-refractivity contribution in [2.45, 2.75) is 55.2 Å². The van der Waals surface area contributed by atoms with E-state index in [0.717, 1.165) is 45.1 Å². The van der Waals surface area contributed by atoms with Crippen LogP contribution in [0.1, 0.15) is 44.9 Å². The third kappa shape index (κ3) is 4.30. The fraction of sp³-hybridized carbons (Fsp3) is 0.750. The molecule has 0 bridgehead atoms. The van der Waals surface area contributed by atoms with Gasteiger partial charge in [0.05, 0.1) is 0 Å². The van der Waals surface area contributed by atoms with Gasteiger partial charge in [0.2, 0.25) is 5.91 Å². The zero-order valence-electron chi connectivity index (χ0n) is 16.5. The molecule has 3 heterocycles. The molecule has 1 unspecified atom stereocenters. The Morgan fingerprint density at radius 2 is 1.75 bits per heavy atom. The Kier molecular flexibility index (Phi) is 6.40. The van der Waals surface area contributed by atoms with Crippen LogP contribution in [0.25, 0.3) is 0 Å². The monoisotopic (exact) mass is 425 g/mol. The van der Waals surface area contributed by atoms with Crippen molar-refractivity contribution in [1.82, 2.24) is 14.1 Å². The van der Waals surface area contributed by atoms with Gasteiger partial charge in [-0.25, -0.2) is 8.42 Å². The molecule has 156 valence electrons. The number of rotatable bonds is 5. The highest BCUT2D eigenvalue weighted by molar-refractivity contribution is 7.91. The molecular formula is C20H31N3O3S2. The number of sulfonamides is 1. The SMILES string of the molecule is O=C(C1CCCN1S(=O)(=O)c1cccs1)N1CCN(CC2CCCCC2)CC1. The summed E-state index contributed by atoms with van der Waals surface area (Å²) in [6, 6.07) is 2.84. The van der Waals surface area contributed by atoms with E-state index in [1.54, 1.807) is 17.5 Å². The maximum Gasteiger partial charge on any atom is 0.253 e. The first kappa shape index (κ1) is 20.3. The van der Waals surface area contributed by atoms with Crippen molar-refractivity contribution < 1.29 is 13.2 Å². The van der Waals surface area contributed by atoms with Crippen LogP contribution in [0.2, 0.25) is 0 Å². The molecular weight excluding hydrogens is 394 g/mol. The second-order valence-corrected chi connectivity index (χ2v) is 11.4. The Morgan fingerprint density at radius 1 is 1.00 bits per heavy atom. The van der Waals surface area contributed by atoms with E-state index < -0.39 is 16.1 Å². The van der Waals surface area contributed by atoms with Gasteiger partial charge < -0.3 is 4.90 Å². The number of hydrogen-bond acceptors (Lipinski definition) is 5. The van der Waals surface area contributed by atoms with E-state index >= 15 is 0 Å². The molecule has 1 atom stereocenters. The third-order valence-corrected chi connectivity index (χ3v) is 9.75. The summed E-state index contributed by atoms with van der Waals surface area (Å²) in [6.07, 6.45) is 8.17. The number of hydrogen-bond donors (Lipinski definition) is 0. The number of carbonyl (C=O) groups excluding carboxylic acids is 1. The van der Waals surface area contributed by atoms with Crippen molar-refractivity contribution in [1.29, 1.82) is 0 Å². The second-order valence-electron chi connectivity index (χ2n) is 8.34. The topological polar surface area (TPSA) is 60.9 Å². The Hall–Kier alpha value is -0.960. The summed E-state index contributed by atoms with van der Waals surface area (Å²) >= 11 is 1.22. The lowest BCUT2D eigenvalue weighted by Crippen LogP contribution is -2.54. The number of thiophene rings is 1. The highest BCUT2D eigenvalue weighted by Gasteiger charge is 2.42. The van der Waals surface area contributed by atoms with Gasteiger partial charge in [-0.3, -0.25) is 9.69 Å². The van der Waals surface area contributed by atoms with Crippen molar-refractivity contribution in [3.8, 4) is 0 Å². The molecule has 28 heavy (non-hydrogen) atoms. The van der Waals surface area contributed by atoms with Gasteiger partial charge in [-0.1, -0.05) is 25.3 Å². The Labute approximate surface area is 172 Å². The van der Waals surface area contributed by atoms with E-state index in [9.17, 15) is 13.2 Å². The van der Waals surface area contributed by atoms with Crippen LogP contribution >= 0.6 is 11.3 Å². The zero-order valence-corrected chi connectivity index (χ0v) is 18.1. The Balaban J connectivity index is 1.34. The molecule has 0 spiro atoms. The second kappa shape index (κ2) is 8.81. The molecule has 0 N–H and O–H groups in total. The first-order chi connectivity index (χ1) is 13.6. The highest BCUT2D eigenvalue weighted by Crippen LogP contribution is 2.30. The van der Waals surface area contributed by atoms with Crippen LogP contribution in [0.4, 0.5) is 0 Å². The van der Waals surface area contributed by atoms with Gasteiger partial charge in [0, 0.05) is 39.3 Å². The normalized spacial score (nSPS) is 26.0. The molecule has 0 aromatic carbocycles. The van der Waals surface area contributed by atoms with E-state index in [0.29, 0.717) is 17.2 Å². The van der Waals surface area contributed by atoms with Crippen LogP contribution < -0.4 is 0 Å². The lowest BCUT2D eigenvalue weighted by atomic mass is 9.89. The summed E-state index contributed by atoms with van der Waals surface area (Å²) in [7, 11) is -3.56. The van der Waals surface area contributed by atoms with Gasteiger partial charge >= 0.3 is 0 Å². The molecule has 2 aliphatic heterocycles. The van der Waals surface area contributed by atoms with Gasteiger partial charge in [-0.05, 0) is 43.0 Å².